The molecule has 0 bridgehead atoms. The summed E-state index contributed by atoms with van der Waals surface area (Å²) in [5, 5.41) is 9.44. The van der Waals surface area contributed by atoms with E-state index >= 15 is 0 Å². The molecule has 0 spiro atoms. The van der Waals surface area contributed by atoms with Gasteiger partial charge >= 0.3 is 5.97 Å². The maximum atomic E-state index is 11.5. The molecule has 0 aromatic carbocycles. The maximum absolute atomic E-state index is 11.5. The molecule has 1 aromatic heterocycles. The van der Waals surface area contributed by atoms with Crippen molar-refractivity contribution in [1.29, 1.82) is 0 Å². The molecule has 15 heavy (non-hydrogen) atoms. The van der Waals surface area contributed by atoms with E-state index in [2.05, 4.69) is 9.72 Å². The number of hydrogen-bond acceptors (Lipinski definition) is 5. The molecule has 0 aliphatic carbocycles. The van der Waals surface area contributed by atoms with Crippen LogP contribution in [0.25, 0.3) is 6.08 Å². The van der Waals surface area contributed by atoms with Gasteiger partial charge < -0.3 is 9.84 Å². The Labute approximate surface area is 84.4 Å². The molecular weight excluding hydrogens is 200 g/mol. The second-order valence-corrected chi connectivity index (χ2v) is 2.98. The number of carbonyl (C=O) groups is 1. The molecule has 0 radical (unpaired) electrons. The van der Waals surface area contributed by atoms with E-state index in [-0.39, 0.29) is 5.69 Å². The van der Waals surface area contributed by atoms with E-state index < -0.39 is 17.3 Å². The van der Waals surface area contributed by atoms with E-state index in [4.69, 9.17) is 0 Å². The van der Waals surface area contributed by atoms with E-state index in [0.29, 0.717) is 12.4 Å². The van der Waals surface area contributed by atoms with Crippen molar-refractivity contribution < 1.29 is 14.6 Å². The SMILES string of the molecule is COC(=O)c1nc2n(c(=O)c1O)CC=C2. The van der Waals surface area contributed by atoms with Crippen molar-refractivity contribution in [3.05, 3.63) is 27.9 Å². The van der Waals surface area contributed by atoms with E-state index in [1.807, 2.05) is 0 Å². The number of carbonyl (C=O) groups excluding carboxylic acids is 1. The van der Waals surface area contributed by atoms with Gasteiger partial charge in [-0.1, -0.05) is 6.08 Å². The predicted octanol–water partition coefficient (Wildman–Crippen LogP) is -0.238. The summed E-state index contributed by atoms with van der Waals surface area (Å²) in [5.74, 6) is -1.15. The van der Waals surface area contributed by atoms with Crippen LogP contribution in [0.1, 0.15) is 16.3 Å². The Balaban J connectivity index is 2.68. The number of nitrogens with zero attached hydrogens (tertiary/aromatic N) is 2. The Hall–Kier alpha value is -2.11. The summed E-state index contributed by atoms with van der Waals surface area (Å²) >= 11 is 0. The lowest BCUT2D eigenvalue weighted by Gasteiger charge is -2.06. The van der Waals surface area contributed by atoms with Crippen LogP contribution in [0, 0.1) is 0 Å². The molecule has 6 heteroatoms. The second kappa shape index (κ2) is 3.23. The zero-order valence-electron chi connectivity index (χ0n) is 7.93. The van der Waals surface area contributed by atoms with Crippen LogP contribution in [-0.2, 0) is 11.3 Å². The van der Waals surface area contributed by atoms with Gasteiger partial charge in [0.25, 0.3) is 5.56 Å². The van der Waals surface area contributed by atoms with Gasteiger partial charge in [-0.15, -0.1) is 0 Å². The minimum absolute atomic E-state index is 0.346. The van der Waals surface area contributed by atoms with E-state index in [1.54, 1.807) is 12.2 Å². The highest BCUT2D eigenvalue weighted by atomic mass is 16.5. The Morgan fingerprint density at radius 3 is 3.07 bits per heavy atom. The number of fused-ring (bicyclic) bond motifs is 1. The lowest BCUT2D eigenvalue weighted by Crippen LogP contribution is -2.24. The van der Waals surface area contributed by atoms with Crippen LogP contribution >= 0.6 is 0 Å². The molecule has 1 aliphatic rings. The highest BCUT2D eigenvalue weighted by molar-refractivity contribution is 5.90. The third-order valence-corrected chi connectivity index (χ3v) is 2.11. The van der Waals surface area contributed by atoms with Gasteiger partial charge in [-0.05, 0) is 6.08 Å². The highest BCUT2D eigenvalue weighted by Crippen LogP contribution is 2.14. The van der Waals surface area contributed by atoms with Crippen LogP contribution in [0.5, 0.6) is 5.75 Å². The van der Waals surface area contributed by atoms with Gasteiger partial charge in [0.1, 0.15) is 5.82 Å². The fourth-order valence-electron chi connectivity index (χ4n) is 1.37. The molecule has 0 atom stereocenters. The van der Waals surface area contributed by atoms with Gasteiger partial charge in [-0.3, -0.25) is 9.36 Å². The first-order valence-electron chi connectivity index (χ1n) is 4.24. The summed E-state index contributed by atoms with van der Waals surface area (Å²) in [5.41, 5.74) is -0.981. The minimum Gasteiger partial charge on any atom is -0.501 e. The summed E-state index contributed by atoms with van der Waals surface area (Å²) in [6.45, 7) is 0.357. The Morgan fingerprint density at radius 1 is 1.67 bits per heavy atom. The van der Waals surface area contributed by atoms with Crippen LogP contribution in [0.3, 0.4) is 0 Å². The Morgan fingerprint density at radius 2 is 2.40 bits per heavy atom. The molecular formula is C9H8N2O4. The van der Waals surface area contributed by atoms with E-state index in [0.717, 1.165) is 7.11 Å². The van der Waals surface area contributed by atoms with Crippen molar-refractivity contribution in [2.24, 2.45) is 0 Å². The number of hydrogen-bond donors (Lipinski definition) is 1. The first-order chi connectivity index (χ1) is 7.15. The number of aromatic nitrogens is 2. The van der Waals surface area contributed by atoms with Crippen LogP contribution in [0.15, 0.2) is 10.9 Å². The molecule has 0 fully saturated rings. The molecule has 0 saturated heterocycles. The van der Waals surface area contributed by atoms with Crippen molar-refractivity contribution in [2.75, 3.05) is 7.11 Å². The number of allylic oxidation sites excluding steroid dienone is 1. The first-order valence-corrected chi connectivity index (χ1v) is 4.24. The van der Waals surface area contributed by atoms with Gasteiger partial charge in [0.15, 0.2) is 5.69 Å². The molecule has 1 N–H and O–H groups in total. The summed E-state index contributed by atoms with van der Waals surface area (Å²) < 4.78 is 5.66. The van der Waals surface area contributed by atoms with Crippen LogP contribution in [-0.4, -0.2) is 27.7 Å². The maximum Gasteiger partial charge on any atom is 0.360 e. The van der Waals surface area contributed by atoms with E-state index in [9.17, 15) is 14.7 Å². The second-order valence-electron chi connectivity index (χ2n) is 2.98. The van der Waals surface area contributed by atoms with Crippen molar-refractivity contribution in [2.45, 2.75) is 6.54 Å². The molecule has 1 aromatic rings. The van der Waals surface area contributed by atoms with Crippen molar-refractivity contribution >= 4 is 12.0 Å². The lowest BCUT2D eigenvalue weighted by atomic mass is 10.3. The normalized spacial score (nSPS) is 12.6. The smallest absolute Gasteiger partial charge is 0.360 e. The summed E-state index contributed by atoms with van der Waals surface area (Å²) in [6, 6.07) is 0. The van der Waals surface area contributed by atoms with Gasteiger partial charge in [0.05, 0.1) is 7.11 Å². The quantitative estimate of drug-likeness (QED) is 0.644. The predicted molar refractivity (Wildman–Crippen MR) is 50.5 cm³/mol. The fraction of sp³-hybridized carbons (Fsp3) is 0.222. The molecule has 0 unspecified atom stereocenters. The summed E-state index contributed by atoms with van der Waals surface area (Å²) in [4.78, 5) is 26.5. The highest BCUT2D eigenvalue weighted by Gasteiger charge is 2.21. The van der Waals surface area contributed by atoms with Crippen molar-refractivity contribution in [3.8, 4) is 5.75 Å². The number of ether oxygens (including phenoxy) is 1. The number of methoxy groups -OCH3 is 1. The zero-order chi connectivity index (χ0) is 11.0. The van der Waals surface area contributed by atoms with Gasteiger partial charge in [0, 0.05) is 6.54 Å². The minimum atomic E-state index is -0.826. The molecule has 78 valence electrons. The van der Waals surface area contributed by atoms with Crippen LogP contribution < -0.4 is 5.56 Å². The van der Waals surface area contributed by atoms with E-state index in [1.165, 1.54) is 4.57 Å². The molecule has 1 aliphatic heterocycles. The average Bonchev–Trinajstić information content (AvgIpc) is 2.70. The standard InChI is InChI=1S/C9H8N2O4/c1-15-9(14)6-7(12)8(13)11-4-2-3-5(11)10-6/h2-3,12H,4H2,1H3. The lowest BCUT2D eigenvalue weighted by molar-refractivity contribution is 0.0589. The number of rotatable bonds is 1. The third kappa shape index (κ3) is 1.30. The van der Waals surface area contributed by atoms with Crippen molar-refractivity contribution in [3.63, 3.8) is 0 Å². The average molecular weight is 208 g/mol. The van der Waals surface area contributed by atoms with Crippen molar-refractivity contribution in [1.82, 2.24) is 9.55 Å². The van der Waals surface area contributed by atoms with Crippen LogP contribution in [0.4, 0.5) is 0 Å². The molecule has 2 heterocycles. The summed E-state index contributed by atoms with van der Waals surface area (Å²) in [7, 11) is 1.16. The fourth-order valence-corrected chi connectivity index (χ4v) is 1.37. The van der Waals surface area contributed by atoms with Crippen LogP contribution in [0.2, 0.25) is 0 Å². The topological polar surface area (TPSA) is 81.4 Å². The molecule has 0 saturated carbocycles. The largest absolute Gasteiger partial charge is 0.501 e. The molecule has 6 nitrogen and oxygen atoms in total. The number of aromatic hydroxyl groups is 1. The monoisotopic (exact) mass is 208 g/mol. The summed E-state index contributed by atoms with van der Waals surface area (Å²) in [6.07, 6.45) is 3.32. The first kappa shape index (κ1) is 9.45. The number of esters is 1. The van der Waals surface area contributed by atoms with Gasteiger partial charge in [0.2, 0.25) is 5.75 Å². The third-order valence-electron chi connectivity index (χ3n) is 2.11. The zero-order valence-corrected chi connectivity index (χ0v) is 7.93. The van der Waals surface area contributed by atoms with Gasteiger partial charge in [-0.25, -0.2) is 9.78 Å². The van der Waals surface area contributed by atoms with Gasteiger partial charge in [-0.2, -0.15) is 0 Å². The molecule has 2 rings (SSSR count). The molecule has 0 amide bonds. The Bertz CT molecular complexity index is 516. The Kier molecular flexibility index (Phi) is 2.03.